The van der Waals surface area contributed by atoms with Gasteiger partial charge in [-0.25, -0.2) is 0 Å². The molecular formula is C11H16N. The van der Waals surface area contributed by atoms with Gasteiger partial charge in [-0.2, -0.15) is 0 Å². The molecule has 1 fully saturated rings. The molecule has 1 heteroatoms. The number of nitrogens with zero attached hydrogens (tertiary/aromatic N) is 1. The van der Waals surface area contributed by atoms with Crippen molar-refractivity contribution in [2.45, 2.75) is 32.1 Å². The van der Waals surface area contributed by atoms with Crippen LogP contribution in [0.15, 0.2) is 23.9 Å². The maximum absolute atomic E-state index is 4.17. The van der Waals surface area contributed by atoms with Crippen LogP contribution in [0, 0.1) is 5.92 Å². The first kappa shape index (κ1) is 7.90. The van der Waals surface area contributed by atoms with Crippen molar-refractivity contribution >= 4 is 0 Å². The van der Waals surface area contributed by atoms with Crippen LogP contribution in [-0.2, 0) is 0 Å². The minimum Gasteiger partial charge on any atom is -0.289 e. The summed E-state index contributed by atoms with van der Waals surface area (Å²) in [5, 5.41) is 4.17. The Morgan fingerprint density at radius 1 is 1.17 bits per heavy atom. The van der Waals surface area contributed by atoms with Crippen LogP contribution in [0.4, 0.5) is 0 Å². The molecule has 0 atom stereocenters. The van der Waals surface area contributed by atoms with Crippen molar-refractivity contribution in [3.05, 3.63) is 23.9 Å². The van der Waals surface area contributed by atoms with E-state index >= 15 is 0 Å². The van der Waals surface area contributed by atoms with Crippen LogP contribution in [-0.4, -0.2) is 6.54 Å². The van der Waals surface area contributed by atoms with E-state index in [-0.39, 0.29) is 0 Å². The summed E-state index contributed by atoms with van der Waals surface area (Å²) < 4.78 is 0. The molecule has 2 rings (SSSR count). The molecule has 1 aliphatic carbocycles. The van der Waals surface area contributed by atoms with E-state index in [1.165, 1.54) is 32.1 Å². The van der Waals surface area contributed by atoms with Crippen LogP contribution in [0.1, 0.15) is 32.1 Å². The summed E-state index contributed by atoms with van der Waals surface area (Å²) in [4.78, 5) is 0. The van der Waals surface area contributed by atoms with Crippen LogP contribution in [0.2, 0.25) is 0 Å². The summed E-state index contributed by atoms with van der Waals surface area (Å²) in [5.41, 5.74) is 1.55. The summed E-state index contributed by atoms with van der Waals surface area (Å²) in [6.07, 6.45) is 13.5. The first-order valence-electron chi connectivity index (χ1n) is 5.00. The summed E-state index contributed by atoms with van der Waals surface area (Å²) in [7, 11) is 0. The first-order chi connectivity index (χ1) is 5.97. The van der Waals surface area contributed by atoms with Crippen LogP contribution in [0.25, 0.3) is 0 Å². The Hall–Kier alpha value is -0.720. The third kappa shape index (κ3) is 1.71. The standard InChI is InChI=1S/C11H16N/c1-2-4-10(5-3-1)11-6-8-12-9-7-11/h6-8,10H,1-5,9H2. The number of hydrogen-bond donors (Lipinski definition) is 0. The topological polar surface area (TPSA) is 14.1 Å². The fourth-order valence-electron chi connectivity index (χ4n) is 2.16. The van der Waals surface area contributed by atoms with E-state index in [4.69, 9.17) is 0 Å². The molecule has 1 heterocycles. The molecule has 0 unspecified atom stereocenters. The van der Waals surface area contributed by atoms with Crippen LogP contribution < -0.4 is 5.32 Å². The molecule has 0 amide bonds. The van der Waals surface area contributed by atoms with Crippen molar-refractivity contribution in [2.75, 3.05) is 6.54 Å². The lowest BCUT2D eigenvalue weighted by atomic mass is 9.83. The molecule has 0 bridgehead atoms. The number of allylic oxidation sites excluding steroid dienone is 2. The smallest absolute Gasteiger partial charge is 0.0576 e. The Bertz CT molecular complexity index is 197. The highest BCUT2D eigenvalue weighted by molar-refractivity contribution is 5.25. The Morgan fingerprint density at radius 3 is 2.67 bits per heavy atom. The van der Waals surface area contributed by atoms with Crippen molar-refractivity contribution < 1.29 is 0 Å². The molecule has 0 saturated heterocycles. The molecule has 2 aliphatic rings. The van der Waals surface area contributed by atoms with Crippen molar-refractivity contribution in [3.63, 3.8) is 0 Å². The molecule has 1 radical (unpaired) electrons. The second kappa shape index (κ2) is 3.79. The fourth-order valence-corrected chi connectivity index (χ4v) is 2.16. The fraction of sp³-hybridized carbons (Fsp3) is 0.636. The first-order valence-corrected chi connectivity index (χ1v) is 5.00. The average Bonchev–Trinajstić information content (AvgIpc) is 2.21. The zero-order valence-electron chi connectivity index (χ0n) is 7.50. The van der Waals surface area contributed by atoms with Crippen molar-refractivity contribution in [2.24, 2.45) is 5.92 Å². The second-order valence-corrected chi connectivity index (χ2v) is 3.72. The molecule has 1 nitrogen and oxygen atoms in total. The minimum absolute atomic E-state index is 0.852. The van der Waals surface area contributed by atoms with Crippen LogP contribution in [0.5, 0.6) is 0 Å². The van der Waals surface area contributed by atoms with Crippen molar-refractivity contribution in [1.29, 1.82) is 0 Å². The minimum atomic E-state index is 0.852. The Morgan fingerprint density at radius 2 is 2.00 bits per heavy atom. The monoisotopic (exact) mass is 162 g/mol. The Kier molecular flexibility index (Phi) is 2.50. The van der Waals surface area contributed by atoms with Gasteiger partial charge in [0.05, 0.1) is 6.54 Å². The van der Waals surface area contributed by atoms with E-state index in [2.05, 4.69) is 17.5 Å². The quantitative estimate of drug-likeness (QED) is 0.562. The summed E-state index contributed by atoms with van der Waals surface area (Å²) in [6.45, 7) is 0.905. The SMILES string of the molecule is C1=CC(C2CCCCC2)=CC[N]1. The predicted molar refractivity (Wildman–Crippen MR) is 50.8 cm³/mol. The highest BCUT2D eigenvalue weighted by Crippen LogP contribution is 2.30. The molecular weight excluding hydrogens is 146 g/mol. The van der Waals surface area contributed by atoms with Gasteiger partial charge < -0.3 is 0 Å². The zero-order chi connectivity index (χ0) is 8.23. The summed E-state index contributed by atoms with van der Waals surface area (Å²) >= 11 is 0. The second-order valence-electron chi connectivity index (χ2n) is 3.72. The van der Waals surface area contributed by atoms with Gasteiger partial charge in [-0.3, -0.25) is 5.32 Å². The van der Waals surface area contributed by atoms with E-state index < -0.39 is 0 Å². The van der Waals surface area contributed by atoms with Gasteiger partial charge in [-0.1, -0.05) is 25.3 Å². The molecule has 0 N–H and O–H groups in total. The van der Waals surface area contributed by atoms with E-state index in [1.54, 1.807) is 5.57 Å². The van der Waals surface area contributed by atoms with Gasteiger partial charge in [-0.05, 0) is 30.4 Å². The van der Waals surface area contributed by atoms with Crippen LogP contribution >= 0.6 is 0 Å². The molecule has 1 aliphatic heterocycles. The van der Waals surface area contributed by atoms with E-state index in [9.17, 15) is 0 Å². The summed E-state index contributed by atoms with van der Waals surface area (Å²) in [5.74, 6) is 0.852. The predicted octanol–water partition coefficient (Wildman–Crippen LogP) is 2.62. The lowest BCUT2D eigenvalue weighted by Gasteiger charge is -2.23. The average molecular weight is 162 g/mol. The van der Waals surface area contributed by atoms with Crippen LogP contribution in [0.3, 0.4) is 0 Å². The lowest BCUT2D eigenvalue weighted by molar-refractivity contribution is 0.406. The van der Waals surface area contributed by atoms with E-state index in [0.29, 0.717) is 0 Å². The third-order valence-corrected chi connectivity index (χ3v) is 2.88. The molecule has 1 saturated carbocycles. The Balaban J connectivity index is 1.97. The zero-order valence-corrected chi connectivity index (χ0v) is 7.50. The summed E-state index contributed by atoms with van der Waals surface area (Å²) in [6, 6.07) is 0. The normalized spacial score (nSPS) is 24.8. The van der Waals surface area contributed by atoms with Gasteiger partial charge in [0.25, 0.3) is 0 Å². The maximum Gasteiger partial charge on any atom is 0.0576 e. The van der Waals surface area contributed by atoms with Gasteiger partial charge in [0.15, 0.2) is 0 Å². The van der Waals surface area contributed by atoms with Gasteiger partial charge in [-0.15, -0.1) is 0 Å². The van der Waals surface area contributed by atoms with Gasteiger partial charge in [0, 0.05) is 6.20 Å². The van der Waals surface area contributed by atoms with Gasteiger partial charge in [0.2, 0.25) is 0 Å². The molecule has 0 aromatic rings. The molecule has 0 aromatic heterocycles. The van der Waals surface area contributed by atoms with Crippen molar-refractivity contribution in [3.8, 4) is 0 Å². The largest absolute Gasteiger partial charge is 0.289 e. The highest BCUT2D eigenvalue weighted by atomic mass is 14.8. The molecule has 65 valence electrons. The third-order valence-electron chi connectivity index (χ3n) is 2.88. The maximum atomic E-state index is 4.17. The molecule has 12 heavy (non-hydrogen) atoms. The molecule has 0 spiro atoms. The number of rotatable bonds is 1. The van der Waals surface area contributed by atoms with E-state index in [0.717, 1.165) is 12.5 Å². The van der Waals surface area contributed by atoms with E-state index in [1.807, 2.05) is 6.20 Å². The van der Waals surface area contributed by atoms with Gasteiger partial charge >= 0.3 is 0 Å². The number of hydrogen-bond acceptors (Lipinski definition) is 0. The van der Waals surface area contributed by atoms with Crippen molar-refractivity contribution in [1.82, 2.24) is 5.32 Å². The molecule has 0 aromatic carbocycles. The van der Waals surface area contributed by atoms with Gasteiger partial charge in [0.1, 0.15) is 0 Å². The Labute approximate surface area is 74.5 Å². The highest BCUT2D eigenvalue weighted by Gasteiger charge is 2.16. The lowest BCUT2D eigenvalue weighted by Crippen LogP contribution is -2.12.